The van der Waals surface area contributed by atoms with Gasteiger partial charge in [-0.2, -0.15) is 0 Å². The van der Waals surface area contributed by atoms with E-state index in [1.54, 1.807) is 34.7 Å². The summed E-state index contributed by atoms with van der Waals surface area (Å²) in [7, 11) is 1.57. The molecule has 4 N–H and O–H groups in total. The average Bonchev–Trinajstić information content (AvgIpc) is 3.09. The molecule has 0 aromatic heterocycles. The lowest BCUT2D eigenvalue weighted by Crippen LogP contribution is -2.62. The van der Waals surface area contributed by atoms with Crippen LogP contribution in [0.5, 0.6) is 0 Å². The van der Waals surface area contributed by atoms with E-state index in [1.807, 2.05) is 55.4 Å². The van der Waals surface area contributed by atoms with E-state index in [2.05, 4.69) is 28.2 Å². The van der Waals surface area contributed by atoms with E-state index in [0.29, 0.717) is 25.7 Å². The van der Waals surface area contributed by atoms with Gasteiger partial charge in [-0.25, -0.2) is 0 Å². The number of carbonyl (C=O) groups excluding carboxylic acids is 6. The predicted octanol–water partition coefficient (Wildman–Crippen LogP) is 4.81. The molecule has 0 aromatic carbocycles. The Kier molecular flexibility index (Phi) is 21.6. The number of amides is 5. The van der Waals surface area contributed by atoms with Crippen LogP contribution in [0.25, 0.3) is 0 Å². The summed E-state index contributed by atoms with van der Waals surface area (Å²) in [6.07, 6.45) is 4.65. The molecule has 0 radical (unpaired) electrons. The molecule has 1 aliphatic rings. The zero-order chi connectivity index (χ0) is 43.0. The van der Waals surface area contributed by atoms with Crippen molar-refractivity contribution in [2.75, 3.05) is 20.2 Å². The van der Waals surface area contributed by atoms with Gasteiger partial charge in [0.05, 0.1) is 29.8 Å². The van der Waals surface area contributed by atoms with Crippen molar-refractivity contribution < 1.29 is 43.0 Å². The molecule has 8 atom stereocenters. The van der Waals surface area contributed by atoms with Crippen LogP contribution >= 0.6 is 0 Å². The van der Waals surface area contributed by atoms with Gasteiger partial charge in [0, 0.05) is 7.05 Å². The summed E-state index contributed by atoms with van der Waals surface area (Å²) in [6.45, 7) is 23.3. The molecule has 0 spiro atoms. The van der Waals surface area contributed by atoms with Crippen LogP contribution < -0.4 is 21.3 Å². The highest BCUT2D eigenvalue weighted by atomic mass is 16.5. The molecule has 1 saturated heterocycles. The first-order valence-electron chi connectivity index (χ1n) is 20.9. The number of nitrogens with zero attached hydrogens (tertiary/aromatic N) is 1. The van der Waals surface area contributed by atoms with Crippen molar-refractivity contribution in [3.63, 3.8) is 0 Å². The molecule has 1 aliphatic heterocycles. The third-order valence-corrected chi connectivity index (χ3v) is 10.00. The second-order valence-electron chi connectivity index (χ2n) is 17.8. The van der Waals surface area contributed by atoms with Gasteiger partial charge < -0.3 is 40.4 Å². The standard InChI is InChI=1S/C42H77N5O9/c1-15-18-19-20-21-22-32-29(17-3)40(53)47(14)31(23-26(4)5)37(50)45-34(27(6)16-2)39(52)44-30(25-54-41(8,9)10)36(49)46-35(28(7)56-42(11,12)13)38(51)43-24-33(48)55-32/h26-32,34-35H,15-25H2,1-14H3,(H,43,51)(H,44,52)(H,45,50)(H,46,49)/t27-,28+,29-,30+,31+,32-,34+,35+/m1/s1. The van der Waals surface area contributed by atoms with E-state index < -0.39 is 89.6 Å². The van der Waals surface area contributed by atoms with Crippen LogP contribution in [0.1, 0.15) is 148 Å². The summed E-state index contributed by atoms with van der Waals surface area (Å²) in [5.41, 5.74) is -1.39. The second kappa shape index (κ2) is 23.8. The first-order chi connectivity index (χ1) is 26.0. The molecule has 14 nitrogen and oxygen atoms in total. The Morgan fingerprint density at radius 1 is 0.768 bits per heavy atom. The van der Waals surface area contributed by atoms with E-state index >= 15 is 0 Å². The maximum Gasteiger partial charge on any atom is 0.325 e. The molecule has 0 saturated carbocycles. The summed E-state index contributed by atoms with van der Waals surface area (Å²) >= 11 is 0. The van der Waals surface area contributed by atoms with E-state index in [4.69, 9.17) is 14.2 Å². The highest BCUT2D eigenvalue weighted by Crippen LogP contribution is 2.25. The molecule has 0 aliphatic carbocycles. The molecular weight excluding hydrogens is 718 g/mol. The number of likely N-dealkylation sites (N-methyl/N-ethyl adjacent to an activating group) is 1. The highest BCUT2D eigenvalue weighted by Gasteiger charge is 2.40. The number of hydrogen-bond donors (Lipinski definition) is 4. The number of esters is 1. The van der Waals surface area contributed by atoms with Gasteiger partial charge in [0.2, 0.25) is 29.5 Å². The van der Waals surface area contributed by atoms with Crippen molar-refractivity contribution >= 4 is 35.5 Å². The van der Waals surface area contributed by atoms with E-state index in [0.717, 1.165) is 32.1 Å². The molecular formula is C42H77N5O9. The van der Waals surface area contributed by atoms with E-state index in [9.17, 15) is 28.8 Å². The van der Waals surface area contributed by atoms with Crippen molar-refractivity contribution in [2.24, 2.45) is 17.8 Å². The minimum atomic E-state index is -1.29. The lowest BCUT2D eigenvalue weighted by molar-refractivity contribution is -0.159. The van der Waals surface area contributed by atoms with Gasteiger partial charge in [0.1, 0.15) is 36.8 Å². The summed E-state index contributed by atoms with van der Waals surface area (Å²) in [5.74, 6) is -4.76. The third kappa shape index (κ3) is 17.9. The molecule has 324 valence electrons. The Morgan fingerprint density at radius 3 is 1.91 bits per heavy atom. The smallest absolute Gasteiger partial charge is 0.325 e. The van der Waals surface area contributed by atoms with Gasteiger partial charge >= 0.3 is 5.97 Å². The van der Waals surface area contributed by atoms with Gasteiger partial charge in [0.15, 0.2) is 0 Å². The third-order valence-electron chi connectivity index (χ3n) is 10.00. The largest absolute Gasteiger partial charge is 0.460 e. The molecule has 0 unspecified atom stereocenters. The van der Waals surface area contributed by atoms with Gasteiger partial charge in [-0.1, -0.05) is 73.6 Å². The predicted molar refractivity (Wildman–Crippen MR) is 217 cm³/mol. The number of rotatable bonds is 15. The quantitative estimate of drug-likeness (QED) is 0.134. The first-order valence-corrected chi connectivity index (χ1v) is 20.9. The lowest BCUT2D eigenvalue weighted by Gasteiger charge is -2.35. The molecule has 0 bridgehead atoms. The zero-order valence-electron chi connectivity index (χ0n) is 37.1. The van der Waals surface area contributed by atoms with Crippen LogP contribution in [0.2, 0.25) is 0 Å². The molecule has 0 aromatic rings. The normalized spacial score (nSPS) is 25.6. The number of hydrogen-bond acceptors (Lipinski definition) is 9. The number of unbranched alkanes of at least 4 members (excludes halogenated alkanes) is 4. The topological polar surface area (TPSA) is 181 Å². The Bertz CT molecular complexity index is 1280. The molecule has 1 rings (SSSR count). The summed E-state index contributed by atoms with van der Waals surface area (Å²) < 4.78 is 18.1. The van der Waals surface area contributed by atoms with Crippen LogP contribution in [0.15, 0.2) is 0 Å². The van der Waals surface area contributed by atoms with E-state index in [1.165, 1.54) is 4.90 Å². The Morgan fingerprint density at radius 2 is 1.38 bits per heavy atom. The molecule has 1 heterocycles. The van der Waals surface area contributed by atoms with Crippen molar-refractivity contribution in [1.29, 1.82) is 0 Å². The average molecular weight is 796 g/mol. The highest BCUT2D eigenvalue weighted by molar-refractivity contribution is 5.96. The Hall–Kier alpha value is -3.26. The van der Waals surface area contributed by atoms with Crippen LogP contribution in [0.4, 0.5) is 0 Å². The minimum absolute atomic E-state index is 0.00888. The van der Waals surface area contributed by atoms with Crippen LogP contribution in [-0.4, -0.2) is 108 Å². The zero-order valence-corrected chi connectivity index (χ0v) is 37.1. The molecule has 1 fully saturated rings. The number of cyclic esters (lactones) is 1. The molecule has 5 amide bonds. The monoisotopic (exact) mass is 796 g/mol. The number of nitrogens with one attached hydrogen (secondary N) is 4. The SMILES string of the molecule is CCCCCCC[C@H]1OC(=O)CNC(=O)[C@H]([C@H](C)OC(C)(C)C)NC(=O)[C@H](COC(C)(C)C)NC(=O)[C@H]([C@H](C)CC)NC(=O)[C@H](CC(C)C)N(C)C(=O)[C@@H]1CC. The maximum absolute atomic E-state index is 14.4. The van der Waals surface area contributed by atoms with Crippen LogP contribution in [0.3, 0.4) is 0 Å². The van der Waals surface area contributed by atoms with Gasteiger partial charge in [-0.15, -0.1) is 0 Å². The Balaban J connectivity index is 3.88. The van der Waals surface area contributed by atoms with Crippen LogP contribution in [-0.2, 0) is 43.0 Å². The van der Waals surface area contributed by atoms with Crippen molar-refractivity contribution in [3.8, 4) is 0 Å². The van der Waals surface area contributed by atoms with Gasteiger partial charge in [-0.3, -0.25) is 28.8 Å². The lowest BCUT2D eigenvalue weighted by atomic mass is 9.91. The van der Waals surface area contributed by atoms with Crippen LogP contribution in [0, 0.1) is 17.8 Å². The fourth-order valence-electron chi connectivity index (χ4n) is 6.68. The number of carbonyl (C=O) groups is 6. The summed E-state index contributed by atoms with van der Waals surface area (Å²) in [6, 6.07) is -4.58. The maximum atomic E-state index is 14.4. The summed E-state index contributed by atoms with van der Waals surface area (Å²) in [4.78, 5) is 85.6. The van der Waals surface area contributed by atoms with Crippen molar-refractivity contribution in [3.05, 3.63) is 0 Å². The first kappa shape index (κ1) is 50.8. The Labute approximate surface area is 337 Å². The fourth-order valence-corrected chi connectivity index (χ4v) is 6.68. The number of ether oxygens (including phenoxy) is 3. The van der Waals surface area contributed by atoms with Gasteiger partial charge in [-0.05, 0) is 86.0 Å². The minimum Gasteiger partial charge on any atom is -0.460 e. The fraction of sp³-hybridized carbons (Fsp3) is 0.857. The molecule has 56 heavy (non-hydrogen) atoms. The van der Waals surface area contributed by atoms with E-state index in [-0.39, 0.29) is 24.3 Å². The van der Waals surface area contributed by atoms with Crippen molar-refractivity contribution in [2.45, 2.75) is 195 Å². The molecule has 14 heteroatoms. The van der Waals surface area contributed by atoms with Gasteiger partial charge in [0.25, 0.3) is 0 Å². The summed E-state index contributed by atoms with van der Waals surface area (Å²) in [5, 5.41) is 11.1. The van der Waals surface area contributed by atoms with Crippen molar-refractivity contribution in [1.82, 2.24) is 26.2 Å². The second-order valence-corrected chi connectivity index (χ2v) is 17.8.